The Hall–Kier alpha value is -2.35. The number of nitrogens with zero attached hydrogens (tertiary/aromatic N) is 4. The smallest absolute Gasteiger partial charge is 0.304 e. The van der Waals surface area contributed by atoms with Gasteiger partial charge in [0.25, 0.3) is 0 Å². The molecule has 0 saturated heterocycles. The topological polar surface area (TPSA) is 94.1 Å². The lowest BCUT2D eigenvalue weighted by Crippen LogP contribution is -2.02. The van der Waals surface area contributed by atoms with Gasteiger partial charge in [-0.2, -0.15) is 4.39 Å². The second-order valence-electron chi connectivity index (χ2n) is 4.31. The summed E-state index contributed by atoms with van der Waals surface area (Å²) < 4.78 is 14.9. The molecule has 8 heteroatoms. The maximum Gasteiger partial charge on any atom is 0.304 e. The Morgan fingerprint density at radius 3 is 2.90 bits per heavy atom. The fourth-order valence-corrected chi connectivity index (χ4v) is 1.74. The number of nitro groups is 1. The van der Waals surface area contributed by atoms with Gasteiger partial charge in [0.1, 0.15) is 5.69 Å². The van der Waals surface area contributed by atoms with Crippen LogP contribution in [0.4, 0.5) is 10.1 Å². The summed E-state index contributed by atoms with van der Waals surface area (Å²) in [6.07, 6.45) is 1.40. The van der Waals surface area contributed by atoms with Gasteiger partial charge in [-0.15, -0.1) is 5.10 Å². The van der Waals surface area contributed by atoms with Crippen molar-refractivity contribution in [1.29, 1.82) is 0 Å². The van der Waals surface area contributed by atoms with Crippen LogP contribution in [-0.4, -0.2) is 25.0 Å². The van der Waals surface area contributed by atoms with Crippen molar-refractivity contribution < 1.29 is 14.4 Å². The van der Waals surface area contributed by atoms with E-state index < -0.39 is 22.5 Å². The lowest BCUT2D eigenvalue weighted by molar-refractivity contribution is -0.387. The molecule has 0 spiro atoms. The van der Waals surface area contributed by atoms with Crippen molar-refractivity contribution in [3.05, 3.63) is 51.6 Å². The van der Waals surface area contributed by atoms with Crippen molar-refractivity contribution in [1.82, 2.24) is 15.0 Å². The molecule has 0 aliphatic rings. The first-order valence-corrected chi connectivity index (χ1v) is 6.02. The molecule has 0 saturated carbocycles. The molecule has 1 unspecified atom stereocenters. The van der Waals surface area contributed by atoms with Crippen LogP contribution < -0.4 is 0 Å². The summed E-state index contributed by atoms with van der Waals surface area (Å²) >= 11 is 0. The molecule has 0 fully saturated rings. The third-order valence-electron chi connectivity index (χ3n) is 2.84. The second-order valence-corrected chi connectivity index (χ2v) is 4.31. The number of nitro benzene ring substituents is 1. The van der Waals surface area contributed by atoms with Gasteiger partial charge in [-0.3, -0.25) is 10.1 Å². The average molecular weight is 280 g/mol. The summed E-state index contributed by atoms with van der Waals surface area (Å²) in [5.41, 5.74) is 0.403. The van der Waals surface area contributed by atoms with Gasteiger partial charge in [0, 0.05) is 6.07 Å². The fourth-order valence-electron chi connectivity index (χ4n) is 1.74. The van der Waals surface area contributed by atoms with E-state index in [0.717, 1.165) is 12.1 Å². The SMILES string of the molecule is CCC(O)c1cn(Cc2ccc([N+](=O)[O-])c(F)c2)nn1. The minimum absolute atomic E-state index is 0.221. The molecule has 1 heterocycles. The summed E-state index contributed by atoms with van der Waals surface area (Å²) in [6, 6.07) is 3.66. The monoisotopic (exact) mass is 280 g/mol. The number of aliphatic hydroxyl groups is 1. The molecule has 106 valence electrons. The Kier molecular flexibility index (Phi) is 4.04. The molecule has 1 aromatic carbocycles. The van der Waals surface area contributed by atoms with Crippen LogP contribution in [0.25, 0.3) is 0 Å². The van der Waals surface area contributed by atoms with Crippen molar-refractivity contribution in [3.63, 3.8) is 0 Å². The Labute approximate surface area is 113 Å². The molecule has 7 nitrogen and oxygen atoms in total. The fraction of sp³-hybridized carbons (Fsp3) is 0.333. The van der Waals surface area contributed by atoms with Crippen LogP contribution in [0.15, 0.2) is 24.4 Å². The van der Waals surface area contributed by atoms with Gasteiger partial charge in [0.05, 0.1) is 23.8 Å². The quantitative estimate of drug-likeness (QED) is 0.666. The molecule has 0 amide bonds. The van der Waals surface area contributed by atoms with Gasteiger partial charge in [-0.1, -0.05) is 18.2 Å². The number of hydrogen-bond donors (Lipinski definition) is 1. The lowest BCUT2D eigenvalue weighted by atomic mass is 10.2. The van der Waals surface area contributed by atoms with E-state index >= 15 is 0 Å². The normalized spacial score (nSPS) is 12.3. The van der Waals surface area contributed by atoms with Crippen LogP contribution >= 0.6 is 0 Å². The first-order chi connectivity index (χ1) is 9.51. The van der Waals surface area contributed by atoms with Gasteiger partial charge in [-0.05, 0) is 18.1 Å². The van der Waals surface area contributed by atoms with Crippen molar-refractivity contribution >= 4 is 5.69 Å². The highest BCUT2D eigenvalue weighted by Crippen LogP contribution is 2.19. The molecule has 0 radical (unpaired) electrons. The Bertz CT molecular complexity index is 629. The van der Waals surface area contributed by atoms with E-state index in [-0.39, 0.29) is 6.54 Å². The Morgan fingerprint density at radius 2 is 2.30 bits per heavy atom. The highest BCUT2D eigenvalue weighted by atomic mass is 19.1. The van der Waals surface area contributed by atoms with E-state index in [2.05, 4.69) is 10.3 Å². The summed E-state index contributed by atoms with van der Waals surface area (Å²) in [4.78, 5) is 9.74. The van der Waals surface area contributed by atoms with E-state index in [4.69, 9.17) is 0 Å². The minimum Gasteiger partial charge on any atom is -0.387 e. The Morgan fingerprint density at radius 1 is 1.55 bits per heavy atom. The zero-order valence-corrected chi connectivity index (χ0v) is 10.7. The number of halogens is 1. The van der Waals surface area contributed by atoms with Gasteiger partial charge < -0.3 is 5.11 Å². The predicted molar refractivity (Wildman–Crippen MR) is 67.4 cm³/mol. The highest BCUT2D eigenvalue weighted by Gasteiger charge is 2.14. The highest BCUT2D eigenvalue weighted by molar-refractivity contribution is 5.35. The van der Waals surface area contributed by atoms with Crippen LogP contribution in [0.1, 0.15) is 30.7 Å². The van der Waals surface area contributed by atoms with Crippen molar-refractivity contribution in [3.8, 4) is 0 Å². The molecule has 1 atom stereocenters. The largest absolute Gasteiger partial charge is 0.387 e. The molecule has 2 aromatic rings. The van der Waals surface area contributed by atoms with Crippen LogP contribution in [0.2, 0.25) is 0 Å². The van der Waals surface area contributed by atoms with Crippen LogP contribution in [-0.2, 0) is 6.54 Å². The van der Waals surface area contributed by atoms with Crippen molar-refractivity contribution in [2.45, 2.75) is 26.0 Å². The van der Waals surface area contributed by atoms with Gasteiger partial charge in [0.2, 0.25) is 5.82 Å². The summed E-state index contributed by atoms with van der Waals surface area (Å²) in [5, 5.41) is 27.7. The van der Waals surface area contributed by atoms with E-state index in [1.165, 1.54) is 10.7 Å². The first kappa shape index (κ1) is 14.1. The maximum atomic E-state index is 13.5. The minimum atomic E-state index is -0.888. The van der Waals surface area contributed by atoms with Gasteiger partial charge in [-0.25, -0.2) is 4.68 Å². The Balaban J connectivity index is 2.16. The van der Waals surface area contributed by atoms with Gasteiger partial charge >= 0.3 is 5.69 Å². The van der Waals surface area contributed by atoms with Crippen LogP contribution in [0, 0.1) is 15.9 Å². The molecule has 2 rings (SSSR count). The van der Waals surface area contributed by atoms with E-state index in [0.29, 0.717) is 17.7 Å². The zero-order chi connectivity index (χ0) is 14.7. The number of hydrogen-bond acceptors (Lipinski definition) is 5. The first-order valence-electron chi connectivity index (χ1n) is 6.02. The number of rotatable bonds is 5. The van der Waals surface area contributed by atoms with Crippen LogP contribution in [0.5, 0.6) is 0 Å². The molecule has 1 aromatic heterocycles. The van der Waals surface area contributed by atoms with E-state index in [9.17, 15) is 19.6 Å². The predicted octanol–water partition coefficient (Wildman–Crippen LogP) is 1.82. The molecule has 0 aliphatic heterocycles. The molecule has 1 N–H and O–H groups in total. The third-order valence-corrected chi connectivity index (χ3v) is 2.84. The number of aromatic nitrogens is 3. The summed E-state index contributed by atoms with van der Waals surface area (Å²) in [7, 11) is 0. The molecule has 0 aliphatic carbocycles. The van der Waals surface area contributed by atoms with Crippen molar-refractivity contribution in [2.75, 3.05) is 0 Å². The van der Waals surface area contributed by atoms with Crippen molar-refractivity contribution in [2.24, 2.45) is 0 Å². The number of aliphatic hydroxyl groups excluding tert-OH is 1. The molecular formula is C12H13FN4O3. The molecular weight excluding hydrogens is 267 g/mol. The van der Waals surface area contributed by atoms with Gasteiger partial charge in [0.15, 0.2) is 0 Å². The van der Waals surface area contributed by atoms with Crippen LogP contribution in [0.3, 0.4) is 0 Å². The zero-order valence-electron chi connectivity index (χ0n) is 10.7. The van der Waals surface area contributed by atoms with E-state index in [1.54, 1.807) is 6.20 Å². The number of benzene rings is 1. The standard InChI is InChI=1S/C12H13FN4O3/c1-2-12(18)10-7-16(15-14-10)6-8-3-4-11(17(19)20)9(13)5-8/h3-5,7,12,18H,2,6H2,1H3. The summed E-state index contributed by atoms with van der Waals surface area (Å²) in [5.74, 6) is -0.888. The molecule has 20 heavy (non-hydrogen) atoms. The lowest BCUT2D eigenvalue weighted by Gasteiger charge is -2.02. The second kappa shape index (κ2) is 5.74. The van der Waals surface area contributed by atoms with E-state index in [1.807, 2.05) is 6.92 Å². The maximum absolute atomic E-state index is 13.5. The third kappa shape index (κ3) is 2.97. The summed E-state index contributed by atoms with van der Waals surface area (Å²) in [6.45, 7) is 2.04. The average Bonchev–Trinajstić information content (AvgIpc) is 2.86. The molecule has 0 bridgehead atoms.